The molecule has 3 aromatic rings. The number of aromatic nitrogens is 2. The lowest BCUT2D eigenvalue weighted by Gasteiger charge is -2.37. The molecule has 0 atom stereocenters. The van der Waals surface area contributed by atoms with Crippen LogP contribution in [0.2, 0.25) is 0 Å². The topological polar surface area (TPSA) is 74.5 Å². The van der Waals surface area contributed by atoms with Crippen LogP contribution in [-0.4, -0.2) is 42.2 Å². The molecule has 0 spiro atoms. The lowest BCUT2D eigenvalue weighted by Crippen LogP contribution is -2.46. The minimum Gasteiger partial charge on any atom is -0.368 e. The third kappa shape index (κ3) is 3.80. The largest absolute Gasteiger partial charge is 0.368 e. The average Bonchev–Trinajstić information content (AvgIpc) is 3.13. The second-order valence-electron chi connectivity index (χ2n) is 6.60. The average molecular weight is 381 g/mol. The second-order valence-corrected chi connectivity index (χ2v) is 6.60. The molecule has 4 rings (SSSR count). The van der Waals surface area contributed by atoms with E-state index in [2.05, 4.69) is 20.4 Å². The molecule has 2 aromatic heterocycles. The zero-order chi connectivity index (χ0) is 19.5. The zero-order valence-corrected chi connectivity index (χ0v) is 15.4. The lowest BCUT2D eigenvalue weighted by molar-refractivity contribution is 0.102. The van der Waals surface area contributed by atoms with E-state index < -0.39 is 0 Å². The van der Waals surface area contributed by atoms with Gasteiger partial charge < -0.3 is 19.6 Å². The predicted molar refractivity (Wildman–Crippen MR) is 104 cm³/mol. The van der Waals surface area contributed by atoms with E-state index in [-0.39, 0.29) is 11.7 Å². The molecule has 8 heteroatoms. The van der Waals surface area contributed by atoms with Crippen molar-refractivity contribution in [3.05, 3.63) is 65.9 Å². The highest BCUT2D eigenvalue weighted by atomic mass is 19.1. The molecule has 0 unspecified atom stereocenters. The van der Waals surface area contributed by atoms with Gasteiger partial charge in [-0.15, -0.1) is 0 Å². The van der Waals surface area contributed by atoms with E-state index in [4.69, 9.17) is 4.52 Å². The lowest BCUT2D eigenvalue weighted by atomic mass is 10.2. The molecule has 1 N–H and O–H groups in total. The summed E-state index contributed by atoms with van der Waals surface area (Å²) in [6.45, 7) is 4.60. The Labute approximate surface area is 161 Å². The van der Waals surface area contributed by atoms with E-state index in [1.54, 1.807) is 37.4 Å². The summed E-state index contributed by atoms with van der Waals surface area (Å²) in [5, 5.41) is 6.43. The van der Waals surface area contributed by atoms with Crippen LogP contribution in [0.5, 0.6) is 0 Å². The fraction of sp³-hybridized carbons (Fsp3) is 0.250. The van der Waals surface area contributed by atoms with Gasteiger partial charge in [0.05, 0.1) is 5.69 Å². The molecule has 1 aliphatic heterocycles. The molecular weight excluding hydrogens is 361 g/mol. The van der Waals surface area contributed by atoms with Crippen LogP contribution >= 0.6 is 0 Å². The van der Waals surface area contributed by atoms with Crippen LogP contribution < -0.4 is 15.1 Å². The van der Waals surface area contributed by atoms with Gasteiger partial charge >= 0.3 is 0 Å². The molecule has 0 bridgehead atoms. The van der Waals surface area contributed by atoms with Gasteiger partial charge in [0.15, 0.2) is 5.82 Å². The smallest absolute Gasteiger partial charge is 0.275 e. The summed E-state index contributed by atoms with van der Waals surface area (Å²) in [6.07, 6.45) is 1.61. The fourth-order valence-electron chi connectivity index (χ4n) is 3.26. The fourth-order valence-corrected chi connectivity index (χ4v) is 3.26. The Morgan fingerprint density at radius 3 is 2.57 bits per heavy atom. The summed E-state index contributed by atoms with van der Waals surface area (Å²) in [6, 6.07) is 12.1. The third-order valence-corrected chi connectivity index (χ3v) is 4.68. The summed E-state index contributed by atoms with van der Waals surface area (Å²) in [7, 11) is 0. The third-order valence-electron chi connectivity index (χ3n) is 4.68. The van der Waals surface area contributed by atoms with Gasteiger partial charge in [-0.2, -0.15) is 0 Å². The maximum atomic E-state index is 14.0. The molecule has 7 nitrogen and oxygen atoms in total. The highest BCUT2D eigenvalue weighted by Crippen LogP contribution is 2.23. The Kier molecular flexibility index (Phi) is 4.92. The molecule has 28 heavy (non-hydrogen) atoms. The van der Waals surface area contributed by atoms with E-state index in [1.165, 1.54) is 6.07 Å². The number of pyridine rings is 1. The summed E-state index contributed by atoms with van der Waals surface area (Å²) in [5.74, 6) is 0.417. The Morgan fingerprint density at radius 2 is 1.86 bits per heavy atom. The first-order chi connectivity index (χ1) is 13.6. The first-order valence-corrected chi connectivity index (χ1v) is 9.05. The van der Waals surface area contributed by atoms with Crippen molar-refractivity contribution in [1.29, 1.82) is 0 Å². The molecule has 1 fully saturated rings. The van der Waals surface area contributed by atoms with Gasteiger partial charge in [0.25, 0.3) is 5.91 Å². The van der Waals surface area contributed by atoms with Crippen LogP contribution in [0.25, 0.3) is 0 Å². The van der Waals surface area contributed by atoms with Gasteiger partial charge in [0, 0.05) is 44.1 Å². The van der Waals surface area contributed by atoms with Crippen molar-refractivity contribution in [3.8, 4) is 0 Å². The number of aryl methyl sites for hydroxylation is 1. The quantitative estimate of drug-likeness (QED) is 0.749. The van der Waals surface area contributed by atoms with E-state index in [9.17, 15) is 9.18 Å². The molecular formula is C20H20FN5O2. The van der Waals surface area contributed by atoms with Gasteiger partial charge in [0.2, 0.25) is 0 Å². The monoisotopic (exact) mass is 381 g/mol. The molecule has 1 aromatic carbocycles. The van der Waals surface area contributed by atoms with Crippen LogP contribution in [0.4, 0.5) is 21.6 Å². The number of amides is 1. The van der Waals surface area contributed by atoms with Gasteiger partial charge in [0.1, 0.15) is 17.3 Å². The number of rotatable bonds is 4. The molecule has 144 valence electrons. The Morgan fingerprint density at radius 1 is 1.11 bits per heavy atom. The zero-order valence-electron chi connectivity index (χ0n) is 15.4. The van der Waals surface area contributed by atoms with Crippen molar-refractivity contribution in [2.24, 2.45) is 0 Å². The minimum atomic E-state index is -0.347. The van der Waals surface area contributed by atoms with E-state index in [0.29, 0.717) is 36.0 Å². The number of para-hydroxylation sites is 1. The minimum absolute atomic E-state index is 0.207. The number of anilines is 3. The van der Waals surface area contributed by atoms with Crippen molar-refractivity contribution in [1.82, 2.24) is 10.1 Å². The number of benzene rings is 1. The van der Waals surface area contributed by atoms with Crippen molar-refractivity contribution >= 4 is 23.1 Å². The number of nitrogens with one attached hydrogen (secondary N) is 1. The Bertz CT molecular complexity index is 982. The van der Waals surface area contributed by atoms with Gasteiger partial charge in [-0.25, -0.2) is 4.39 Å². The second kappa shape index (κ2) is 7.67. The molecule has 1 amide bonds. The predicted octanol–water partition coefficient (Wildman–Crippen LogP) is 3.10. The number of hydrogen-bond acceptors (Lipinski definition) is 6. The Balaban J connectivity index is 1.42. The van der Waals surface area contributed by atoms with E-state index in [0.717, 1.165) is 18.8 Å². The van der Waals surface area contributed by atoms with Crippen LogP contribution in [0.3, 0.4) is 0 Å². The first-order valence-electron chi connectivity index (χ1n) is 9.05. The number of carbonyl (C=O) groups excluding carboxylic acids is 1. The van der Waals surface area contributed by atoms with Crippen molar-refractivity contribution in [2.75, 3.05) is 41.3 Å². The number of nitrogens with zero attached hydrogens (tertiary/aromatic N) is 4. The normalized spacial score (nSPS) is 14.2. The van der Waals surface area contributed by atoms with Crippen LogP contribution in [0.15, 0.2) is 53.2 Å². The van der Waals surface area contributed by atoms with Crippen LogP contribution in [0.1, 0.15) is 16.2 Å². The maximum absolute atomic E-state index is 14.0. The van der Waals surface area contributed by atoms with Gasteiger partial charge in [-0.1, -0.05) is 17.3 Å². The number of hydrogen-bond donors (Lipinski definition) is 1. The summed E-state index contributed by atoms with van der Waals surface area (Å²) < 4.78 is 18.9. The molecule has 3 heterocycles. The molecule has 0 saturated carbocycles. The van der Waals surface area contributed by atoms with E-state index in [1.807, 2.05) is 17.0 Å². The van der Waals surface area contributed by atoms with Crippen LogP contribution in [0, 0.1) is 12.7 Å². The standard InChI is InChI=1S/C20H20FN5O2/c1-14-12-19(24-28-14)23-20(27)17-13-15(6-7-22-17)25-8-10-26(11-9-25)18-5-3-2-4-16(18)21/h2-7,12-13H,8-11H2,1H3,(H,23,24,27). The van der Waals surface area contributed by atoms with E-state index >= 15 is 0 Å². The highest BCUT2D eigenvalue weighted by Gasteiger charge is 2.20. The molecule has 0 radical (unpaired) electrons. The maximum Gasteiger partial charge on any atom is 0.275 e. The van der Waals surface area contributed by atoms with Crippen molar-refractivity contribution in [3.63, 3.8) is 0 Å². The van der Waals surface area contributed by atoms with Crippen LogP contribution in [-0.2, 0) is 0 Å². The Hall–Kier alpha value is -3.42. The SMILES string of the molecule is Cc1cc(NC(=O)c2cc(N3CCN(c4ccccc4F)CC3)ccn2)no1. The van der Waals surface area contributed by atoms with Crippen molar-refractivity contribution < 1.29 is 13.7 Å². The summed E-state index contributed by atoms with van der Waals surface area (Å²) >= 11 is 0. The summed E-state index contributed by atoms with van der Waals surface area (Å²) in [4.78, 5) is 20.8. The first kappa shape index (κ1) is 18.0. The number of halogens is 1. The molecule has 1 saturated heterocycles. The highest BCUT2D eigenvalue weighted by molar-refractivity contribution is 6.02. The number of piperazine rings is 1. The summed E-state index contributed by atoms with van der Waals surface area (Å²) in [5.41, 5.74) is 1.83. The number of carbonyl (C=O) groups is 1. The van der Waals surface area contributed by atoms with Gasteiger partial charge in [-0.05, 0) is 31.2 Å². The van der Waals surface area contributed by atoms with Crippen molar-refractivity contribution in [2.45, 2.75) is 6.92 Å². The molecule has 0 aliphatic carbocycles. The van der Waals surface area contributed by atoms with Gasteiger partial charge in [-0.3, -0.25) is 9.78 Å². The molecule has 1 aliphatic rings.